The van der Waals surface area contributed by atoms with Crippen LogP contribution in [0.4, 0.5) is 5.82 Å². The van der Waals surface area contributed by atoms with Crippen molar-refractivity contribution in [2.75, 3.05) is 5.73 Å². The number of nitrogens with zero attached hydrogens (tertiary/aromatic N) is 3. The largest absolute Gasteiger partial charge is 0.477 e. The maximum Gasteiger partial charge on any atom is 0.354 e. The summed E-state index contributed by atoms with van der Waals surface area (Å²) in [6.45, 7) is 5.87. The highest BCUT2D eigenvalue weighted by Crippen LogP contribution is 2.38. The number of carboxylic acid groups (broad SMARTS) is 1. The van der Waals surface area contributed by atoms with E-state index < -0.39 is 11.4 Å². The number of nitrogen functional groups attached to an aromatic ring is 1. The molecule has 3 heterocycles. The maximum atomic E-state index is 10.3. The number of anilines is 1. The highest BCUT2D eigenvalue weighted by atomic mass is 79.9. The fourth-order valence-corrected chi connectivity index (χ4v) is 3.37. The number of benzene rings is 1. The van der Waals surface area contributed by atoms with Crippen LogP contribution in [0, 0.1) is 6.92 Å². The Kier molecular flexibility index (Phi) is 5.69. The zero-order valence-corrected chi connectivity index (χ0v) is 17.7. The molecule has 150 valence electrons. The van der Waals surface area contributed by atoms with Crippen LogP contribution in [0.15, 0.2) is 51.6 Å². The Hall–Kier alpha value is -3.20. The fraction of sp³-hybridized carbons (Fsp3) is 0.200. The minimum absolute atomic E-state index is 0.0503. The molecule has 4 rings (SSSR count). The van der Waals surface area contributed by atoms with Crippen LogP contribution in [0.25, 0.3) is 10.9 Å². The molecule has 3 aromatic heterocycles. The lowest BCUT2D eigenvalue weighted by molar-refractivity contribution is 0.0690. The summed E-state index contributed by atoms with van der Waals surface area (Å²) < 4.78 is 5.62. The molecular formula is C20H20BrN5O3. The van der Waals surface area contributed by atoms with Crippen molar-refractivity contribution < 1.29 is 14.4 Å². The van der Waals surface area contributed by atoms with Gasteiger partial charge < -0.3 is 20.3 Å². The number of aryl methyl sites for hydroxylation is 1. The normalized spacial score (nSPS) is 11.2. The van der Waals surface area contributed by atoms with Gasteiger partial charge in [-0.15, -0.1) is 0 Å². The van der Waals surface area contributed by atoms with Crippen LogP contribution in [0.5, 0.6) is 0 Å². The number of para-hydroxylation sites is 1. The van der Waals surface area contributed by atoms with Gasteiger partial charge in [-0.2, -0.15) is 4.98 Å². The van der Waals surface area contributed by atoms with Crippen LogP contribution in [-0.2, 0) is 5.41 Å². The number of carboxylic acids is 1. The molecule has 9 heteroatoms. The number of nitrogens with one attached hydrogen (secondary N) is 1. The minimum Gasteiger partial charge on any atom is -0.477 e. The van der Waals surface area contributed by atoms with Crippen LogP contribution in [0.2, 0.25) is 0 Å². The molecule has 8 nitrogen and oxygen atoms in total. The summed E-state index contributed by atoms with van der Waals surface area (Å²) in [5, 5.41) is 13.6. The van der Waals surface area contributed by atoms with E-state index in [1.165, 1.54) is 6.07 Å². The van der Waals surface area contributed by atoms with Gasteiger partial charge in [-0.25, -0.2) is 9.78 Å². The summed E-state index contributed by atoms with van der Waals surface area (Å²) in [5.74, 6) is 0.831. The highest BCUT2D eigenvalue weighted by molar-refractivity contribution is 9.10. The summed E-state index contributed by atoms with van der Waals surface area (Å²) in [5.41, 5.74) is 7.80. The number of nitrogens with two attached hydrogens (primary N) is 1. The Morgan fingerprint density at radius 2 is 1.90 bits per heavy atom. The van der Waals surface area contributed by atoms with Gasteiger partial charge in [0.15, 0.2) is 5.82 Å². The molecule has 0 spiro atoms. The van der Waals surface area contributed by atoms with Crippen molar-refractivity contribution in [2.45, 2.75) is 26.2 Å². The van der Waals surface area contributed by atoms with Gasteiger partial charge in [0.1, 0.15) is 16.1 Å². The molecule has 1 aromatic carbocycles. The van der Waals surface area contributed by atoms with Crippen LogP contribution in [0.1, 0.15) is 41.6 Å². The molecule has 29 heavy (non-hydrogen) atoms. The smallest absolute Gasteiger partial charge is 0.354 e. The van der Waals surface area contributed by atoms with Crippen molar-refractivity contribution in [3.63, 3.8) is 0 Å². The SMILES string of the molecule is Cc1nc(C(C)(C)c2c(N)[nH]c3ccccc23)no1.O=C(O)c1cccc(Br)n1. The third kappa shape index (κ3) is 4.29. The van der Waals surface area contributed by atoms with Crippen molar-refractivity contribution >= 4 is 38.6 Å². The molecule has 4 N–H and O–H groups in total. The molecule has 0 unspecified atom stereocenters. The summed E-state index contributed by atoms with van der Waals surface area (Å²) in [7, 11) is 0. The molecule has 0 fully saturated rings. The number of pyridine rings is 1. The van der Waals surface area contributed by atoms with Crippen molar-refractivity contribution in [2.24, 2.45) is 0 Å². The van der Waals surface area contributed by atoms with E-state index in [1.54, 1.807) is 19.1 Å². The fourth-order valence-electron chi connectivity index (χ4n) is 3.03. The lowest BCUT2D eigenvalue weighted by Gasteiger charge is -2.21. The van der Waals surface area contributed by atoms with Gasteiger partial charge in [0.2, 0.25) is 5.89 Å². The van der Waals surface area contributed by atoms with E-state index in [0.717, 1.165) is 16.5 Å². The van der Waals surface area contributed by atoms with Crippen molar-refractivity contribution in [3.8, 4) is 0 Å². The Balaban J connectivity index is 0.000000204. The molecule has 0 atom stereocenters. The van der Waals surface area contributed by atoms with Gasteiger partial charge in [0, 0.05) is 23.4 Å². The number of carbonyl (C=O) groups is 1. The maximum absolute atomic E-state index is 10.3. The third-order valence-corrected chi connectivity index (χ3v) is 4.82. The number of fused-ring (bicyclic) bond motifs is 1. The summed E-state index contributed by atoms with van der Waals surface area (Å²) in [6.07, 6.45) is 0. The van der Waals surface area contributed by atoms with E-state index in [9.17, 15) is 4.79 Å². The highest BCUT2D eigenvalue weighted by Gasteiger charge is 2.33. The second kappa shape index (κ2) is 8.04. The zero-order valence-electron chi connectivity index (χ0n) is 16.1. The first-order valence-electron chi connectivity index (χ1n) is 8.73. The molecule has 0 saturated carbocycles. The van der Waals surface area contributed by atoms with E-state index in [1.807, 2.05) is 38.1 Å². The predicted octanol–water partition coefficient (Wildman–Crippen LogP) is 4.31. The number of hydrogen-bond donors (Lipinski definition) is 3. The number of aromatic nitrogens is 4. The van der Waals surface area contributed by atoms with Gasteiger partial charge in [0.05, 0.1) is 5.41 Å². The molecule has 0 aliphatic heterocycles. The van der Waals surface area contributed by atoms with E-state index in [2.05, 4.69) is 36.0 Å². The van der Waals surface area contributed by atoms with Gasteiger partial charge in [0.25, 0.3) is 0 Å². The number of aromatic amines is 1. The second-order valence-corrected chi connectivity index (χ2v) is 7.68. The zero-order chi connectivity index (χ0) is 21.2. The van der Waals surface area contributed by atoms with Crippen LogP contribution >= 0.6 is 15.9 Å². The molecule has 0 bridgehead atoms. The topological polar surface area (TPSA) is 131 Å². The number of H-pyrrole nitrogens is 1. The van der Waals surface area contributed by atoms with Crippen molar-refractivity contribution in [1.82, 2.24) is 20.1 Å². The third-order valence-electron chi connectivity index (χ3n) is 4.38. The first kappa shape index (κ1) is 20.5. The Bertz CT molecular complexity index is 1170. The van der Waals surface area contributed by atoms with Gasteiger partial charge in [-0.05, 0) is 48.0 Å². The van der Waals surface area contributed by atoms with Crippen LogP contribution in [0.3, 0.4) is 0 Å². The lowest BCUT2D eigenvalue weighted by Crippen LogP contribution is -2.22. The monoisotopic (exact) mass is 457 g/mol. The summed E-state index contributed by atoms with van der Waals surface area (Å²) >= 11 is 3.06. The Labute approximate surface area is 175 Å². The van der Waals surface area contributed by atoms with Crippen LogP contribution < -0.4 is 5.73 Å². The van der Waals surface area contributed by atoms with Gasteiger partial charge in [-0.1, -0.05) is 29.4 Å². The molecule has 4 aromatic rings. The molecule has 0 saturated heterocycles. The Morgan fingerprint density at radius 3 is 2.48 bits per heavy atom. The molecular weight excluding hydrogens is 438 g/mol. The summed E-state index contributed by atoms with van der Waals surface area (Å²) in [6, 6.07) is 12.8. The average Bonchev–Trinajstić information content (AvgIpc) is 3.25. The van der Waals surface area contributed by atoms with Crippen molar-refractivity contribution in [3.05, 3.63) is 70.0 Å². The van der Waals surface area contributed by atoms with Gasteiger partial charge in [-0.3, -0.25) is 0 Å². The van der Waals surface area contributed by atoms with Crippen molar-refractivity contribution in [1.29, 1.82) is 0 Å². The Morgan fingerprint density at radius 1 is 1.17 bits per heavy atom. The second-order valence-electron chi connectivity index (χ2n) is 6.87. The summed E-state index contributed by atoms with van der Waals surface area (Å²) in [4.78, 5) is 21.5. The van der Waals surface area contributed by atoms with Crippen LogP contribution in [-0.4, -0.2) is 31.2 Å². The minimum atomic E-state index is -1.01. The number of rotatable bonds is 3. The molecule has 0 amide bonds. The first-order chi connectivity index (χ1) is 13.7. The quantitative estimate of drug-likeness (QED) is 0.390. The van der Waals surface area contributed by atoms with E-state index in [4.69, 9.17) is 15.4 Å². The molecule has 0 aliphatic rings. The number of hydrogen-bond acceptors (Lipinski definition) is 6. The number of aromatic carboxylic acids is 1. The standard InChI is InChI=1S/C14H16N4O.C6H4BrNO2/c1-8-16-13(18-19-8)14(2,3)11-9-6-4-5-7-10(9)17-12(11)15;7-5-3-1-2-4(8-5)6(9)10/h4-7,17H,15H2,1-3H3;1-3H,(H,9,10). The number of halogens is 1. The molecule has 0 radical (unpaired) electrons. The first-order valence-corrected chi connectivity index (χ1v) is 9.52. The van der Waals surface area contributed by atoms with E-state index in [-0.39, 0.29) is 5.69 Å². The van der Waals surface area contributed by atoms with E-state index >= 15 is 0 Å². The van der Waals surface area contributed by atoms with E-state index in [0.29, 0.717) is 22.1 Å². The lowest BCUT2D eigenvalue weighted by atomic mass is 9.83. The predicted molar refractivity (Wildman–Crippen MR) is 113 cm³/mol. The average molecular weight is 458 g/mol. The molecule has 0 aliphatic carbocycles. The van der Waals surface area contributed by atoms with Gasteiger partial charge >= 0.3 is 5.97 Å².